The molecular formula is C13H12N4S. The second-order valence-corrected chi connectivity index (χ2v) is 4.79. The summed E-state index contributed by atoms with van der Waals surface area (Å²) in [5.74, 6) is 0.743. The van der Waals surface area contributed by atoms with Crippen LogP contribution in [0.25, 0.3) is 10.6 Å². The maximum atomic E-state index is 4.47. The highest BCUT2D eigenvalue weighted by atomic mass is 32.1. The van der Waals surface area contributed by atoms with Gasteiger partial charge in [0.15, 0.2) is 0 Å². The lowest BCUT2D eigenvalue weighted by molar-refractivity contribution is 1.27. The van der Waals surface area contributed by atoms with Gasteiger partial charge in [-0.1, -0.05) is 0 Å². The van der Waals surface area contributed by atoms with E-state index in [4.69, 9.17) is 0 Å². The van der Waals surface area contributed by atoms with Crippen molar-refractivity contribution in [1.29, 1.82) is 0 Å². The molecular weight excluding hydrogens is 244 g/mol. The first-order valence-corrected chi connectivity index (χ1v) is 6.48. The predicted octanol–water partition coefficient (Wildman–Crippen LogP) is 3.59. The topological polar surface area (TPSA) is 53.6 Å². The van der Waals surface area contributed by atoms with Gasteiger partial charge in [-0.3, -0.25) is 0 Å². The summed E-state index contributed by atoms with van der Waals surface area (Å²) in [6.45, 7) is 2.01. The molecule has 0 aliphatic carbocycles. The van der Waals surface area contributed by atoms with Crippen molar-refractivity contribution in [2.24, 2.45) is 0 Å². The minimum absolute atomic E-state index is 0.743. The number of hydrogen-bond donors (Lipinski definition) is 2. The van der Waals surface area contributed by atoms with Crippen molar-refractivity contribution >= 4 is 23.0 Å². The number of H-pyrrole nitrogens is 1. The lowest BCUT2D eigenvalue weighted by Crippen LogP contribution is -1.91. The third kappa shape index (κ3) is 2.26. The molecule has 0 fully saturated rings. The minimum Gasteiger partial charge on any atom is -0.331 e. The summed E-state index contributed by atoms with van der Waals surface area (Å²) < 4.78 is 0. The van der Waals surface area contributed by atoms with E-state index < -0.39 is 0 Å². The summed E-state index contributed by atoms with van der Waals surface area (Å²) in [7, 11) is 0. The average molecular weight is 256 g/mol. The number of rotatable bonds is 3. The van der Waals surface area contributed by atoms with Crippen LogP contribution in [0.4, 0.5) is 11.6 Å². The van der Waals surface area contributed by atoms with Gasteiger partial charge < -0.3 is 10.3 Å². The van der Waals surface area contributed by atoms with Crippen molar-refractivity contribution in [1.82, 2.24) is 15.0 Å². The molecule has 4 nitrogen and oxygen atoms in total. The summed E-state index contributed by atoms with van der Waals surface area (Å²) in [4.78, 5) is 11.6. The summed E-state index contributed by atoms with van der Waals surface area (Å²) >= 11 is 1.66. The summed E-state index contributed by atoms with van der Waals surface area (Å²) in [5.41, 5.74) is 3.20. The molecule has 1 aromatic carbocycles. The zero-order valence-electron chi connectivity index (χ0n) is 9.84. The van der Waals surface area contributed by atoms with Crippen molar-refractivity contribution in [3.05, 3.63) is 47.7 Å². The molecule has 0 bridgehead atoms. The molecule has 0 amide bonds. The van der Waals surface area contributed by atoms with Crippen LogP contribution >= 0.6 is 11.3 Å². The van der Waals surface area contributed by atoms with Crippen LogP contribution in [0, 0.1) is 6.92 Å². The van der Waals surface area contributed by atoms with Gasteiger partial charge in [-0.15, -0.1) is 11.3 Å². The Balaban J connectivity index is 1.81. The predicted molar refractivity (Wildman–Crippen MR) is 74.2 cm³/mol. The molecule has 90 valence electrons. The molecule has 0 unspecified atom stereocenters. The van der Waals surface area contributed by atoms with Gasteiger partial charge in [0, 0.05) is 34.7 Å². The van der Waals surface area contributed by atoms with Crippen LogP contribution in [0.2, 0.25) is 0 Å². The van der Waals surface area contributed by atoms with E-state index in [9.17, 15) is 0 Å². The quantitative estimate of drug-likeness (QED) is 0.753. The van der Waals surface area contributed by atoms with E-state index in [0.717, 1.165) is 27.9 Å². The van der Waals surface area contributed by atoms with E-state index >= 15 is 0 Å². The SMILES string of the molecule is Cc1csc(-c2ccc(Nc3ncc[nH]3)cc2)n1. The normalized spacial score (nSPS) is 10.5. The van der Waals surface area contributed by atoms with Crippen molar-refractivity contribution < 1.29 is 0 Å². The van der Waals surface area contributed by atoms with Crippen LogP contribution in [0.15, 0.2) is 42.0 Å². The van der Waals surface area contributed by atoms with Gasteiger partial charge in [-0.25, -0.2) is 9.97 Å². The van der Waals surface area contributed by atoms with Gasteiger partial charge in [0.05, 0.1) is 0 Å². The van der Waals surface area contributed by atoms with Crippen molar-refractivity contribution in [2.75, 3.05) is 5.32 Å². The second-order valence-electron chi connectivity index (χ2n) is 3.93. The Hall–Kier alpha value is -2.14. The van der Waals surface area contributed by atoms with Crippen molar-refractivity contribution in [3.8, 4) is 10.6 Å². The Bertz CT molecular complexity index is 625. The highest BCUT2D eigenvalue weighted by molar-refractivity contribution is 7.13. The first-order chi connectivity index (χ1) is 8.81. The van der Waals surface area contributed by atoms with Gasteiger partial charge in [-0.05, 0) is 31.2 Å². The monoisotopic (exact) mass is 256 g/mol. The molecule has 0 aliphatic heterocycles. The average Bonchev–Trinajstić information content (AvgIpc) is 3.02. The van der Waals surface area contributed by atoms with Gasteiger partial charge in [0.2, 0.25) is 5.95 Å². The van der Waals surface area contributed by atoms with Crippen LogP contribution in [-0.4, -0.2) is 15.0 Å². The fourth-order valence-electron chi connectivity index (χ4n) is 1.65. The molecule has 0 saturated carbocycles. The second kappa shape index (κ2) is 4.62. The molecule has 18 heavy (non-hydrogen) atoms. The summed E-state index contributed by atoms with van der Waals surface area (Å²) in [6, 6.07) is 8.16. The molecule has 0 saturated heterocycles. The number of imidazole rings is 1. The number of nitrogens with one attached hydrogen (secondary N) is 2. The molecule has 0 spiro atoms. The largest absolute Gasteiger partial charge is 0.331 e. The zero-order valence-corrected chi connectivity index (χ0v) is 10.7. The third-order valence-corrected chi connectivity index (χ3v) is 3.52. The fraction of sp³-hybridized carbons (Fsp3) is 0.0769. The minimum atomic E-state index is 0.743. The van der Waals surface area contributed by atoms with Crippen molar-refractivity contribution in [3.63, 3.8) is 0 Å². The van der Waals surface area contributed by atoms with E-state index in [2.05, 4.69) is 37.8 Å². The first kappa shape index (κ1) is 11.0. The lowest BCUT2D eigenvalue weighted by atomic mass is 10.2. The number of benzene rings is 1. The molecule has 0 atom stereocenters. The van der Waals surface area contributed by atoms with E-state index in [1.54, 1.807) is 23.7 Å². The Morgan fingerprint density at radius 1 is 1.22 bits per heavy atom. The molecule has 2 N–H and O–H groups in total. The number of aromatic nitrogens is 3. The van der Waals surface area contributed by atoms with E-state index in [-0.39, 0.29) is 0 Å². The maximum absolute atomic E-state index is 4.47. The molecule has 5 heteroatoms. The maximum Gasteiger partial charge on any atom is 0.204 e. The number of aryl methyl sites for hydroxylation is 1. The van der Waals surface area contributed by atoms with Crippen LogP contribution in [0.3, 0.4) is 0 Å². The zero-order chi connectivity index (χ0) is 12.4. The number of anilines is 2. The van der Waals surface area contributed by atoms with E-state index in [1.165, 1.54) is 0 Å². The van der Waals surface area contributed by atoms with Gasteiger partial charge in [0.25, 0.3) is 0 Å². The lowest BCUT2D eigenvalue weighted by Gasteiger charge is -2.03. The number of aromatic amines is 1. The fourth-order valence-corrected chi connectivity index (χ4v) is 2.46. The third-order valence-electron chi connectivity index (χ3n) is 2.51. The molecule has 3 aromatic rings. The Morgan fingerprint density at radius 3 is 2.67 bits per heavy atom. The number of hydrogen-bond acceptors (Lipinski definition) is 4. The van der Waals surface area contributed by atoms with Crippen LogP contribution in [0.5, 0.6) is 0 Å². The van der Waals surface area contributed by atoms with Gasteiger partial charge in [0.1, 0.15) is 5.01 Å². The smallest absolute Gasteiger partial charge is 0.204 e. The molecule has 2 aromatic heterocycles. The van der Waals surface area contributed by atoms with Gasteiger partial charge >= 0.3 is 0 Å². The summed E-state index contributed by atoms with van der Waals surface area (Å²) in [6.07, 6.45) is 3.50. The Morgan fingerprint density at radius 2 is 2.06 bits per heavy atom. The van der Waals surface area contributed by atoms with Gasteiger partial charge in [-0.2, -0.15) is 0 Å². The molecule has 2 heterocycles. The number of thiazole rings is 1. The first-order valence-electron chi connectivity index (χ1n) is 5.60. The van der Waals surface area contributed by atoms with E-state index in [1.807, 2.05) is 19.1 Å². The Labute approximate surface area is 109 Å². The highest BCUT2D eigenvalue weighted by Gasteiger charge is 2.02. The molecule has 3 rings (SSSR count). The van der Waals surface area contributed by atoms with Crippen LogP contribution in [-0.2, 0) is 0 Å². The molecule has 0 radical (unpaired) electrons. The number of nitrogens with zero attached hydrogens (tertiary/aromatic N) is 2. The standard InChI is InChI=1S/C13H12N4S/c1-9-8-18-12(16-9)10-2-4-11(5-3-10)17-13-14-6-7-15-13/h2-8H,1H3,(H2,14,15,17). The van der Waals surface area contributed by atoms with Crippen LogP contribution < -0.4 is 5.32 Å². The van der Waals surface area contributed by atoms with Crippen LogP contribution in [0.1, 0.15) is 5.69 Å². The molecule has 0 aliphatic rings. The van der Waals surface area contributed by atoms with Crippen molar-refractivity contribution in [2.45, 2.75) is 6.92 Å². The summed E-state index contributed by atoms with van der Waals surface area (Å²) in [5, 5.41) is 6.30. The Kier molecular flexibility index (Phi) is 2.82. The highest BCUT2D eigenvalue weighted by Crippen LogP contribution is 2.25. The van der Waals surface area contributed by atoms with E-state index in [0.29, 0.717) is 0 Å².